The second kappa shape index (κ2) is 6.11. The highest BCUT2D eigenvalue weighted by atomic mass is 16.5. The number of hydrogen-bond acceptors (Lipinski definition) is 5. The molecule has 2 heterocycles. The Labute approximate surface area is 105 Å². The maximum absolute atomic E-state index is 11.4. The molecule has 6 nitrogen and oxygen atoms in total. The van der Waals surface area contributed by atoms with Gasteiger partial charge in [-0.25, -0.2) is 0 Å². The standard InChI is InChI=1S/C12H16N4O2/c1-10-14-11(15-18-10)5-6-13-7-9-16-8-3-2-4-12(16)17/h2-4,8,13H,5-7,9H2,1H3. The van der Waals surface area contributed by atoms with Crippen molar-refractivity contribution in [3.8, 4) is 0 Å². The molecule has 2 rings (SSSR count). The third-order valence-corrected chi connectivity index (χ3v) is 2.52. The van der Waals surface area contributed by atoms with Gasteiger partial charge in [-0.3, -0.25) is 4.79 Å². The van der Waals surface area contributed by atoms with Crippen molar-refractivity contribution in [2.24, 2.45) is 0 Å². The van der Waals surface area contributed by atoms with Crippen LogP contribution in [0.2, 0.25) is 0 Å². The number of pyridine rings is 1. The molecule has 2 aromatic rings. The van der Waals surface area contributed by atoms with Gasteiger partial charge in [-0.2, -0.15) is 4.98 Å². The third kappa shape index (κ3) is 3.53. The molecule has 0 unspecified atom stereocenters. The van der Waals surface area contributed by atoms with Gasteiger partial charge in [-0.05, 0) is 6.07 Å². The number of nitrogens with zero attached hydrogens (tertiary/aromatic N) is 3. The van der Waals surface area contributed by atoms with Crippen molar-refractivity contribution in [2.75, 3.05) is 13.1 Å². The molecule has 0 radical (unpaired) electrons. The number of nitrogens with one attached hydrogen (secondary N) is 1. The highest BCUT2D eigenvalue weighted by molar-refractivity contribution is 4.93. The van der Waals surface area contributed by atoms with Gasteiger partial charge in [-0.1, -0.05) is 11.2 Å². The van der Waals surface area contributed by atoms with Crippen LogP contribution in [0.1, 0.15) is 11.7 Å². The Kier molecular flexibility index (Phi) is 4.25. The SMILES string of the molecule is Cc1nc(CCNCCn2ccccc2=O)no1. The van der Waals surface area contributed by atoms with E-state index in [-0.39, 0.29) is 5.56 Å². The molecule has 0 amide bonds. The first-order valence-corrected chi connectivity index (χ1v) is 5.91. The monoisotopic (exact) mass is 248 g/mol. The van der Waals surface area contributed by atoms with Crippen molar-refractivity contribution in [1.29, 1.82) is 0 Å². The third-order valence-electron chi connectivity index (χ3n) is 2.52. The second-order valence-electron chi connectivity index (χ2n) is 3.96. The Hall–Kier alpha value is -1.95. The topological polar surface area (TPSA) is 73.0 Å². The molecule has 0 aromatic carbocycles. The predicted octanol–water partition coefficient (Wildman–Crippen LogP) is 0.372. The molecule has 0 aliphatic rings. The lowest BCUT2D eigenvalue weighted by Gasteiger charge is -2.05. The molecule has 0 bridgehead atoms. The fraction of sp³-hybridized carbons (Fsp3) is 0.417. The van der Waals surface area contributed by atoms with Crippen molar-refractivity contribution in [3.63, 3.8) is 0 Å². The quantitative estimate of drug-likeness (QED) is 0.748. The van der Waals surface area contributed by atoms with Gasteiger partial charge >= 0.3 is 0 Å². The first-order valence-electron chi connectivity index (χ1n) is 5.91. The van der Waals surface area contributed by atoms with Crippen molar-refractivity contribution < 1.29 is 4.52 Å². The van der Waals surface area contributed by atoms with Crippen LogP contribution in [0.3, 0.4) is 0 Å². The molecule has 0 spiro atoms. The fourth-order valence-corrected chi connectivity index (χ4v) is 1.61. The number of rotatable bonds is 6. The second-order valence-corrected chi connectivity index (χ2v) is 3.96. The van der Waals surface area contributed by atoms with E-state index in [2.05, 4.69) is 15.5 Å². The summed E-state index contributed by atoms with van der Waals surface area (Å²) in [5, 5.41) is 7.04. The zero-order chi connectivity index (χ0) is 12.8. The van der Waals surface area contributed by atoms with Crippen LogP contribution in [-0.4, -0.2) is 27.8 Å². The lowest BCUT2D eigenvalue weighted by molar-refractivity contribution is 0.387. The highest BCUT2D eigenvalue weighted by Gasteiger charge is 2.00. The van der Waals surface area contributed by atoms with Crippen LogP contribution in [-0.2, 0) is 13.0 Å². The van der Waals surface area contributed by atoms with E-state index >= 15 is 0 Å². The molecular formula is C12H16N4O2. The summed E-state index contributed by atoms with van der Waals surface area (Å²) < 4.78 is 6.54. The van der Waals surface area contributed by atoms with Crippen LogP contribution >= 0.6 is 0 Å². The van der Waals surface area contributed by atoms with Gasteiger partial charge in [0.1, 0.15) is 0 Å². The van der Waals surface area contributed by atoms with Crippen molar-refractivity contribution in [1.82, 2.24) is 20.0 Å². The van der Waals surface area contributed by atoms with E-state index in [4.69, 9.17) is 4.52 Å². The van der Waals surface area contributed by atoms with Crippen LogP contribution < -0.4 is 10.9 Å². The van der Waals surface area contributed by atoms with Crippen LogP contribution in [0, 0.1) is 6.92 Å². The van der Waals surface area contributed by atoms with E-state index in [1.165, 1.54) is 0 Å². The molecule has 1 N–H and O–H groups in total. The summed E-state index contributed by atoms with van der Waals surface area (Å²) in [4.78, 5) is 15.5. The summed E-state index contributed by atoms with van der Waals surface area (Å²) in [5.41, 5.74) is 0.0214. The predicted molar refractivity (Wildman–Crippen MR) is 66.3 cm³/mol. The molecular weight excluding hydrogens is 232 g/mol. The molecule has 0 saturated carbocycles. The Balaban J connectivity index is 1.68. The molecule has 96 valence electrons. The molecule has 0 saturated heterocycles. The molecule has 2 aromatic heterocycles. The maximum atomic E-state index is 11.4. The zero-order valence-corrected chi connectivity index (χ0v) is 10.3. The summed E-state index contributed by atoms with van der Waals surface area (Å²) in [7, 11) is 0. The summed E-state index contributed by atoms with van der Waals surface area (Å²) in [6.07, 6.45) is 2.51. The molecule has 0 aliphatic heterocycles. The van der Waals surface area contributed by atoms with Gasteiger partial charge in [0, 0.05) is 45.2 Å². The van der Waals surface area contributed by atoms with Gasteiger partial charge < -0.3 is 14.4 Å². The molecule has 0 atom stereocenters. The largest absolute Gasteiger partial charge is 0.340 e. The van der Waals surface area contributed by atoms with E-state index in [1.807, 2.05) is 6.07 Å². The van der Waals surface area contributed by atoms with Gasteiger partial charge in [-0.15, -0.1) is 0 Å². The van der Waals surface area contributed by atoms with Crippen molar-refractivity contribution >= 4 is 0 Å². The minimum atomic E-state index is 0.0214. The van der Waals surface area contributed by atoms with Crippen LogP contribution in [0.25, 0.3) is 0 Å². The van der Waals surface area contributed by atoms with Crippen LogP contribution in [0.5, 0.6) is 0 Å². The van der Waals surface area contributed by atoms with Crippen molar-refractivity contribution in [3.05, 3.63) is 46.5 Å². The lowest BCUT2D eigenvalue weighted by atomic mass is 10.4. The number of aromatic nitrogens is 3. The number of hydrogen-bond donors (Lipinski definition) is 1. The normalized spacial score (nSPS) is 10.7. The molecule has 0 fully saturated rings. The van der Waals surface area contributed by atoms with Crippen LogP contribution in [0.4, 0.5) is 0 Å². The average Bonchev–Trinajstić information content (AvgIpc) is 2.77. The lowest BCUT2D eigenvalue weighted by Crippen LogP contribution is -2.27. The van der Waals surface area contributed by atoms with Gasteiger partial charge in [0.2, 0.25) is 5.89 Å². The van der Waals surface area contributed by atoms with E-state index in [1.54, 1.807) is 29.8 Å². The van der Waals surface area contributed by atoms with Gasteiger partial charge in [0.05, 0.1) is 0 Å². The first kappa shape index (κ1) is 12.5. The first-order chi connectivity index (χ1) is 8.75. The van der Waals surface area contributed by atoms with Gasteiger partial charge in [0.15, 0.2) is 5.82 Å². The Morgan fingerprint density at radius 2 is 2.28 bits per heavy atom. The number of aryl methyl sites for hydroxylation is 1. The Bertz CT molecular complexity index is 547. The van der Waals surface area contributed by atoms with Crippen LogP contribution in [0.15, 0.2) is 33.7 Å². The van der Waals surface area contributed by atoms with E-state index < -0.39 is 0 Å². The minimum Gasteiger partial charge on any atom is -0.340 e. The minimum absolute atomic E-state index is 0.0214. The highest BCUT2D eigenvalue weighted by Crippen LogP contribution is 1.94. The summed E-state index contributed by atoms with van der Waals surface area (Å²) in [6, 6.07) is 5.15. The van der Waals surface area contributed by atoms with Gasteiger partial charge in [0.25, 0.3) is 5.56 Å². The average molecular weight is 248 g/mol. The Morgan fingerprint density at radius 3 is 3.00 bits per heavy atom. The Morgan fingerprint density at radius 1 is 1.39 bits per heavy atom. The molecule has 18 heavy (non-hydrogen) atoms. The fourth-order valence-electron chi connectivity index (χ4n) is 1.61. The zero-order valence-electron chi connectivity index (χ0n) is 10.3. The van der Waals surface area contributed by atoms with Crippen molar-refractivity contribution in [2.45, 2.75) is 19.9 Å². The summed E-state index contributed by atoms with van der Waals surface area (Å²) in [5.74, 6) is 1.29. The van der Waals surface area contributed by atoms with E-state index in [0.29, 0.717) is 18.3 Å². The summed E-state index contributed by atoms with van der Waals surface area (Å²) >= 11 is 0. The smallest absolute Gasteiger partial charge is 0.250 e. The summed E-state index contributed by atoms with van der Waals surface area (Å²) in [6.45, 7) is 3.93. The maximum Gasteiger partial charge on any atom is 0.250 e. The van der Waals surface area contributed by atoms with E-state index in [0.717, 1.165) is 19.5 Å². The molecule has 6 heteroatoms. The molecule has 0 aliphatic carbocycles. The van der Waals surface area contributed by atoms with E-state index in [9.17, 15) is 4.79 Å².